The molecule has 1 spiro atoms. The van der Waals surface area contributed by atoms with Crippen LogP contribution in [0, 0.1) is 11.3 Å². The van der Waals surface area contributed by atoms with Crippen molar-refractivity contribution in [2.24, 2.45) is 18.4 Å². The molecule has 0 aromatic carbocycles. The number of aromatic nitrogens is 2. The van der Waals surface area contributed by atoms with Gasteiger partial charge in [-0.05, 0) is 37.8 Å². The molecule has 0 amide bonds. The molecule has 1 N–H and O–H groups in total. The van der Waals surface area contributed by atoms with Crippen LogP contribution in [0.4, 0.5) is 0 Å². The Hall–Kier alpha value is -1.16. The van der Waals surface area contributed by atoms with E-state index in [9.17, 15) is 4.79 Å². The molecule has 86 valence electrons. The van der Waals surface area contributed by atoms with Crippen LogP contribution >= 0.6 is 0 Å². The molecule has 1 aromatic heterocycles. The molecule has 1 aromatic rings. The predicted molar refractivity (Wildman–Crippen MR) is 60.2 cm³/mol. The molecule has 4 nitrogen and oxygen atoms in total. The number of hydrogen-bond donors (Lipinski definition) is 1. The second kappa shape index (κ2) is 3.42. The SMILES string of the molecule is Cn1ccnc1C(=O)C1CC12CCNCC2. The second-order valence-electron chi connectivity index (χ2n) is 5.10. The Balaban J connectivity index is 1.77. The molecule has 2 fully saturated rings. The number of Topliss-reactive ketones (excluding diaryl/α,β-unsaturated/α-hetero) is 1. The lowest BCUT2D eigenvalue weighted by atomic mass is 9.90. The molecular weight excluding hydrogens is 202 g/mol. The fourth-order valence-corrected chi connectivity index (χ4v) is 2.95. The fraction of sp³-hybridized carbons (Fsp3) is 0.667. The molecular formula is C12H17N3O. The number of aryl methyl sites for hydroxylation is 1. The van der Waals surface area contributed by atoms with Crippen LogP contribution in [0.3, 0.4) is 0 Å². The number of rotatable bonds is 2. The van der Waals surface area contributed by atoms with Crippen LogP contribution in [0.2, 0.25) is 0 Å². The minimum atomic E-state index is 0.232. The van der Waals surface area contributed by atoms with Crippen LogP contribution in [-0.2, 0) is 7.05 Å². The molecule has 0 radical (unpaired) electrons. The van der Waals surface area contributed by atoms with Crippen molar-refractivity contribution in [2.75, 3.05) is 13.1 Å². The number of carbonyl (C=O) groups excluding carboxylic acids is 1. The zero-order valence-electron chi connectivity index (χ0n) is 9.57. The van der Waals surface area contributed by atoms with Crippen LogP contribution in [0.1, 0.15) is 29.9 Å². The third kappa shape index (κ3) is 1.40. The van der Waals surface area contributed by atoms with Crippen molar-refractivity contribution in [3.8, 4) is 0 Å². The Morgan fingerprint density at radius 2 is 2.31 bits per heavy atom. The van der Waals surface area contributed by atoms with E-state index in [1.807, 2.05) is 17.8 Å². The molecule has 1 aliphatic heterocycles. The summed E-state index contributed by atoms with van der Waals surface area (Å²) in [6.07, 6.45) is 6.90. The summed E-state index contributed by atoms with van der Waals surface area (Å²) >= 11 is 0. The molecule has 1 unspecified atom stereocenters. The standard InChI is InChI=1S/C12H17N3O/c1-15-7-6-14-11(15)10(16)9-8-12(9)2-4-13-5-3-12/h6-7,9,13H,2-5,8H2,1H3. The lowest BCUT2D eigenvalue weighted by Gasteiger charge is -2.22. The Morgan fingerprint density at radius 3 is 2.94 bits per heavy atom. The summed E-state index contributed by atoms with van der Waals surface area (Å²) in [5.41, 5.74) is 0.314. The van der Waals surface area contributed by atoms with Gasteiger partial charge >= 0.3 is 0 Å². The third-order valence-corrected chi connectivity index (χ3v) is 4.15. The third-order valence-electron chi connectivity index (χ3n) is 4.15. The number of ketones is 1. The van der Waals surface area contributed by atoms with Gasteiger partial charge in [-0.2, -0.15) is 0 Å². The maximum absolute atomic E-state index is 12.3. The van der Waals surface area contributed by atoms with Crippen molar-refractivity contribution in [1.82, 2.24) is 14.9 Å². The number of hydrogen-bond acceptors (Lipinski definition) is 3. The number of carbonyl (C=O) groups is 1. The van der Waals surface area contributed by atoms with Crippen LogP contribution in [-0.4, -0.2) is 28.4 Å². The van der Waals surface area contributed by atoms with Gasteiger partial charge in [0.25, 0.3) is 0 Å². The molecule has 1 saturated carbocycles. The molecule has 1 aliphatic carbocycles. The summed E-state index contributed by atoms with van der Waals surface area (Å²) in [4.78, 5) is 16.4. The highest BCUT2D eigenvalue weighted by molar-refractivity contribution is 5.97. The molecule has 1 saturated heterocycles. The van der Waals surface area contributed by atoms with E-state index < -0.39 is 0 Å². The summed E-state index contributed by atoms with van der Waals surface area (Å²) in [6, 6.07) is 0. The van der Waals surface area contributed by atoms with Gasteiger partial charge in [0.15, 0.2) is 5.82 Å². The molecule has 2 heterocycles. The normalized spacial score (nSPS) is 26.9. The van der Waals surface area contributed by atoms with E-state index in [0.29, 0.717) is 11.2 Å². The Kier molecular flexibility index (Phi) is 2.14. The zero-order valence-corrected chi connectivity index (χ0v) is 9.57. The molecule has 3 rings (SSSR count). The van der Waals surface area contributed by atoms with Gasteiger partial charge in [0.1, 0.15) is 0 Å². The molecule has 0 bridgehead atoms. The Bertz CT molecular complexity index is 418. The maximum atomic E-state index is 12.3. The number of piperidine rings is 1. The minimum Gasteiger partial charge on any atom is -0.332 e. The minimum absolute atomic E-state index is 0.232. The first-order chi connectivity index (χ1) is 7.73. The topological polar surface area (TPSA) is 46.9 Å². The van der Waals surface area contributed by atoms with E-state index in [2.05, 4.69) is 10.3 Å². The summed E-state index contributed by atoms with van der Waals surface area (Å²) < 4.78 is 1.83. The van der Waals surface area contributed by atoms with Gasteiger partial charge in [0.05, 0.1) is 0 Å². The first-order valence-corrected chi connectivity index (χ1v) is 5.95. The summed E-state index contributed by atoms with van der Waals surface area (Å²) in [5, 5.41) is 3.35. The van der Waals surface area contributed by atoms with E-state index in [0.717, 1.165) is 32.4 Å². The van der Waals surface area contributed by atoms with Crippen molar-refractivity contribution in [2.45, 2.75) is 19.3 Å². The van der Waals surface area contributed by atoms with Crippen molar-refractivity contribution in [1.29, 1.82) is 0 Å². The first-order valence-electron chi connectivity index (χ1n) is 5.95. The van der Waals surface area contributed by atoms with Gasteiger partial charge in [-0.1, -0.05) is 0 Å². The van der Waals surface area contributed by atoms with Crippen molar-refractivity contribution >= 4 is 5.78 Å². The maximum Gasteiger partial charge on any atom is 0.201 e. The number of nitrogens with zero attached hydrogens (tertiary/aromatic N) is 2. The Morgan fingerprint density at radius 1 is 1.56 bits per heavy atom. The van der Waals surface area contributed by atoms with Gasteiger partial charge in [0.2, 0.25) is 5.78 Å². The van der Waals surface area contributed by atoms with Gasteiger partial charge in [0, 0.05) is 25.4 Å². The van der Waals surface area contributed by atoms with Gasteiger partial charge in [-0.3, -0.25) is 4.79 Å². The van der Waals surface area contributed by atoms with Gasteiger partial charge in [-0.25, -0.2) is 4.98 Å². The second-order valence-corrected chi connectivity index (χ2v) is 5.10. The fourth-order valence-electron chi connectivity index (χ4n) is 2.95. The van der Waals surface area contributed by atoms with E-state index in [1.165, 1.54) is 0 Å². The smallest absolute Gasteiger partial charge is 0.201 e. The first kappa shape index (κ1) is 10.0. The van der Waals surface area contributed by atoms with Crippen LogP contribution in [0.5, 0.6) is 0 Å². The van der Waals surface area contributed by atoms with Crippen molar-refractivity contribution in [3.05, 3.63) is 18.2 Å². The molecule has 16 heavy (non-hydrogen) atoms. The molecule has 4 heteroatoms. The largest absolute Gasteiger partial charge is 0.332 e. The van der Waals surface area contributed by atoms with E-state index in [-0.39, 0.29) is 11.7 Å². The Labute approximate surface area is 95.1 Å². The average molecular weight is 219 g/mol. The monoisotopic (exact) mass is 219 g/mol. The lowest BCUT2D eigenvalue weighted by molar-refractivity contribution is 0.0927. The summed E-state index contributed by atoms with van der Waals surface area (Å²) in [7, 11) is 1.89. The zero-order chi connectivity index (χ0) is 11.2. The van der Waals surface area contributed by atoms with E-state index in [4.69, 9.17) is 0 Å². The molecule has 2 aliphatic rings. The average Bonchev–Trinajstić information content (AvgIpc) is 2.80. The van der Waals surface area contributed by atoms with Crippen molar-refractivity contribution in [3.63, 3.8) is 0 Å². The highest BCUT2D eigenvalue weighted by Crippen LogP contribution is 2.59. The van der Waals surface area contributed by atoms with Crippen LogP contribution < -0.4 is 5.32 Å². The number of imidazole rings is 1. The van der Waals surface area contributed by atoms with Crippen LogP contribution in [0.25, 0.3) is 0 Å². The summed E-state index contributed by atoms with van der Waals surface area (Å²) in [6.45, 7) is 2.12. The van der Waals surface area contributed by atoms with Crippen LogP contribution in [0.15, 0.2) is 12.4 Å². The highest BCUT2D eigenvalue weighted by atomic mass is 16.1. The highest BCUT2D eigenvalue weighted by Gasteiger charge is 2.58. The number of nitrogens with one attached hydrogen (secondary N) is 1. The van der Waals surface area contributed by atoms with E-state index >= 15 is 0 Å². The van der Waals surface area contributed by atoms with Gasteiger partial charge in [-0.15, -0.1) is 0 Å². The predicted octanol–water partition coefficient (Wildman–Crippen LogP) is 0.992. The van der Waals surface area contributed by atoms with Crippen molar-refractivity contribution < 1.29 is 4.79 Å². The lowest BCUT2D eigenvalue weighted by Crippen LogP contribution is -2.31. The van der Waals surface area contributed by atoms with E-state index in [1.54, 1.807) is 6.20 Å². The molecule has 1 atom stereocenters. The summed E-state index contributed by atoms with van der Waals surface area (Å²) in [5.74, 6) is 1.10. The quantitative estimate of drug-likeness (QED) is 0.755. The van der Waals surface area contributed by atoms with Gasteiger partial charge < -0.3 is 9.88 Å².